The molecule has 2 aliphatic rings. The average Bonchev–Trinajstić information content (AvgIpc) is 3.19. The molecule has 0 radical (unpaired) electrons. The number of hydrogen-bond donors (Lipinski definition) is 0. The molecular weight excluding hydrogens is 250 g/mol. The molecule has 4 rings (SSSR count). The first-order valence-corrected chi connectivity index (χ1v) is 7.65. The fraction of sp³-hybridized carbons (Fsp3) is 0.600. The van der Waals surface area contributed by atoms with Gasteiger partial charge in [0, 0.05) is 49.8 Å². The zero-order valence-corrected chi connectivity index (χ0v) is 11.8. The summed E-state index contributed by atoms with van der Waals surface area (Å²) in [6, 6.07) is 2.55. The maximum absolute atomic E-state index is 4.54. The number of likely N-dealkylation sites (tertiary alicyclic amines) is 1. The van der Waals surface area contributed by atoms with Gasteiger partial charge in [-0.05, 0) is 31.7 Å². The van der Waals surface area contributed by atoms with E-state index in [4.69, 9.17) is 0 Å². The Balaban J connectivity index is 1.44. The molecule has 106 valence electrons. The smallest absolute Gasteiger partial charge is 0.0658 e. The van der Waals surface area contributed by atoms with Crippen molar-refractivity contribution in [2.75, 3.05) is 13.1 Å². The lowest BCUT2D eigenvalue weighted by atomic mass is 10.1. The minimum Gasteiger partial charge on any atom is -0.297 e. The van der Waals surface area contributed by atoms with Crippen LogP contribution in [-0.4, -0.2) is 37.6 Å². The zero-order chi connectivity index (χ0) is 13.4. The van der Waals surface area contributed by atoms with Gasteiger partial charge in [-0.2, -0.15) is 10.2 Å². The first kappa shape index (κ1) is 12.1. The van der Waals surface area contributed by atoms with E-state index in [1.165, 1.54) is 36.9 Å². The lowest BCUT2D eigenvalue weighted by molar-refractivity contribution is 0.310. The van der Waals surface area contributed by atoms with E-state index in [-0.39, 0.29) is 0 Å². The first-order valence-electron chi connectivity index (χ1n) is 7.65. The van der Waals surface area contributed by atoms with E-state index in [1.807, 2.05) is 12.3 Å². The van der Waals surface area contributed by atoms with Crippen LogP contribution in [0.3, 0.4) is 0 Å². The van der Waals surface area contributed by atoms with E-state index in [0.717, 1.165) is 26.2 Å². The molecule has 1 fully saturated rings. The van der Waals surface area contributed by atoms with Crippen LogP contribution in [-0.2, 0) is 19.5 Å². The number of nitrogens with zero attached hydrogens (tertiary/aromatic N) is 5. The molecule has 0 aliphatic carbocycles. The van der Waals surface area contributed by atoms with Crippen molar-refractivity contribution in [2.24, 2.45) is 0 Å². The summed E-state index contributed by atoms with van der Waals surface area (Å²) in [5.41, 5.74) is 2.91. The predicted molar refractivity (Wildman–Crippen MR) is 76.3 cm³/mol. The Labute approximate surface area is 119 Å². The number of aromatic nitrogens is 4. The van der Waals surface area contributed by atoms with Crippen molar-refractivity contribution in [2.45, 2.75) is 44.8 Å². The number of aryl methyl sites for hydroxylation is 1. The fourth-order valence-electron chi connectivity index (χ4n) is 3.53. The second-order valence-corrected chi connectivity index (χ2v) is 5.96. The van der Waals surface area contributed by atoms with Gasteiger partial charge < -0.3 is 0 Å². The number of fused-ring (bicyclic) bond motifs is 1. The third kappa shape index (κ3) is 2.16. The molecule has 0 saturated carbocycles. The molecule has 2 aromatic rings. The van der Waals surface area contributed by atoms with Crippen LogP contribution < -0.4 is 0 Å². The van der Waals surface area contributed by atoms with E-state index in [0.29, 0.717) is 6.04 Å². The Morgan fingerprint density at radius 2 is 2.20 bits per heavy atom. The van der Waals surface area contributed by atoms with Gasteiger partial charge in [0.05, 0.1) is 12.2 Å². The van der Waals surface area contributed by atoms with Gasteiger partial charge in [-0.1, -0.05) is 0 Å². The predicted octanol–water partition coefficient (Wildman–Crippen LogP) is 1.86. The summed E-state index contributed by atoms with van der Waals surface area (Å²) in [6.07, 6.45) is 11.0. The summed E-state index contributed by atoms with van der Waals surface area (Å²) in [5, 5.41) is 8.91. The minimum absolute atomic E-state index is 0.538. The van der Waals surface area contributed by atoms with Crippen LogP contribution in [0.15, 0.2) is 24.7 Å². The Morgan fingerprint density at radius 3 is 3.10 bits per heavy atom. The van der Waals surface area contributed by atoms with Crippen molar-refractivity contribution >= 4 is 0 Å². The molecule has 1 unspecified atom stereocenters. The summed E-state index contributed by atoms with van der Waals surface area (Å²) < 4.78 is 4.31. The Morgan fingerprint density at radius 1 is 1.20 bits per heavy atom. The second kappa shape index (κ2) is 5.05. The van der Waals surface area contributed by atoms with Gasteiger partial charge in [0.15, 0.2) is 0 Å². The topological polar surface area (TPSA) is 38.9 Å². The number of rotatable bonds is 3. The highest BCUT2D eigenvalue weighted by Gasteiger charge is 2.25. The van der Waals surface area contributed by atoms with Crippen LogP contribution in [0.25, 0.3) is 0 Å². The molecule has 20 heavy (non-hydrogen) atoms. The molecule has 1 saturated heterocycles. The van der Waals surface area contributed by atoms with Gasteiger partial charge in [-0.25, -0.2) is 0 Å². The monoisotopic (exact) mass is 271 g/mol. The SMILES string of the molecule is c1cnn(C2CCN(Cc3cnn4c3CCCC4)C2)c1. The van der Waals surface area contributed by atoms with Crippen molar-refractivity contribution in [1.29, 1.82) is 0 Å². The maximum Gasteiger partial charge on any atom is 0.0658 e. The number of hydrogen-bond acceptors (Lipinski definition) is 3. The van der Waals surface area contributed by atoms with Crippen molar-refractivity contribution in [1.82, 2.24) is 24.5 Å². The summed E-state index contributed by atoms with van der Waals surface area (Å²) in [4.78, 5) is 2.54. The highest BCUT2D eigenvalue weighted by atomic mass is 15.3. The van der Waals surface area contributed by atoms with Crippen molar-refractivity contribution < 1.29 is 0 Å². The highest BCUT2D eigenvalue weighted by molar-refractivity contribution is 5.19. The Hall–Kier alpha value is -1.62. The van der Waals surface area contributed by atoms with Gasteiger partial charge in [-0.3, -0.25) is 14.3 Å². The molecular formula is C15H21N5. The Bertz CT molecular complexity index is 571. The van der Waals surface area contributed by atoms with E-state index < -0.39 is 0 Å². The van der Waals surface area contributed by atoms with Crippen LogP contribution in [0, 0.1) is 0 Å². The van der Waals surface area contributed by atoms with Gasteiger partial charge in [0.2, 0.25) is 0 Å². The molecule has 1 atom stereocenters. The van der Waals surface area contributed by atoms with Crippen LogP contribution >= 0.6 is 0 Å². The summed E-state index contributed by atoms with van der Waals surface area (Å²) in [6.45, 7) is 4.42. The van der Waals surface area contributed by atoms with E-state index >= 15 is 0 Å². The van der Waals surface area contributed by atoms with E-state index in [1.54, 1.807) is 0 Å². The van der Waals surface area contributed by atoms with Gasteiger partial charge in [0.25, 0.3) is 0 Å². The molecule has 0 bridgehead atoms. The minimum atomic E-state index is 0.538. The Kier molecular flexibility index (Phi) is 3.07. The summed E-state index contributed by atoms with van der Waals surface area (Å²) in [7, 11) is 0. The van der Waals surface area contributed by atoms with E-state index in [9.17, 15) is 0 Å². The zero-order valence-electron chi connectivity index (χ0n) is 11.8. The molecule has 5 heteroatoms. The van der Waals surface area contributed by atoms with Crippen LogP contribution in [0.5, 0.6) is 0 Å². The highest BCUT2D eigenvalue weighted by Crippen LogP contribution is 2.25. The lowest BCUT2D eigenvalue weighted by Crippen LogP contribution is -2.22. The molecule has 5 nitrogen and oxygen atoms in total. The van der Waals surface area contributed by atoms with Crippen LogP contribution in [0.2, 0.25) is 0 Å². The van der Waals surface area contributed by atoms with Crippen LogP contribution in [0.4, 0.5) is 0 Å². The van der Waals surface area contributed by atoms with Crippen molar-refractivity contribution in [3.05, 3.63) is 35.9 Å². The van der Waals surface area contributed by atoms with Gasteiger partial charge >= 0.3 is 0 Å². The largest absolute Gasteiger partial charge is 0.297 e. The molecule has 4 heterocycles. The van der Waals surface area contributed by atoms with E-state index in [2.05, 4.69) is 36.9 Å². The molecule has 2 aromatic heterocycles. The normalized spacial score (nSPS) is 23.1. The second-order valence-electron chi connectivity index (χ2n) is 5.96. The summed E-state index contributed by atoms with van der Waals surface area (Å²) in [5.74, 6) is 0. The third-order valence-corrected chi connectivity index (χ3v) is 4.61. The van der Waals surface area contributed by atoms with Crippen LogP contribution in [0.1, 0.15) is 36.6 Å². The molecule has 0 N–H and O–H groups in total. The van der Waals surface area contributed by atoms with Crippen molar-refractivity contribution in [3.63, 3.8) is 0 Å². The summed E-state index contributed by atoms with van der Waals surface area (Å²) >= 11 is 0. The van der Waals surface area contributed by atoms with Gasteiger partial charge in [-0.15, -0.1) is 0 Å². The quantitative estimate of drug-likeness (QED) is 0.855. The maximum atomic E-state index is 4.54. The van der Waals surface area contributed by atoms with Crippen molar-refractivity contribution in [3.8, 4) is 0 Å². The third-order valence-electron chi connectivity index (χ3n) is 4.61. The first-order chi connectivity index (χ1) is 9.90. The molecule has 2 aliphatic heterocycles. The lowest BCUT2D eigenvalue weighted by Gasteiger charge is -2.19. The molecule has 0 aromatic carbocycles. The molecule has 0 spiro atoms. The fourth-order valence-corrected chi connectivity index (χ4v) is 3.53. The van der Waals surface area contributed by atoms with Gasteiger partial charge in [0.1, 0.15) is 0 Å². The standard InChI is InChI=1S/C15H21N5/c1-2-7-20-15(4-1)13(10-17-20)11-18-9-5-14(12-18)19-8-3-6-16-19/h3,6,8,10,14H,1-2,4-5,7,9,11-12H2. The molecule has 0 amide bonds. The average molecular weight is 271 g/mol.